The van der Waals surface area contributed by atoms with Crippen LogP contribution in [0.15, 0.2) is 18.2 Å². The molecular formula is C13H16N2S. The monoisotopic (exact) mass is 232 g/mol. The summed E-state index contributed by atoms with van der Waals surface area (Å²) in [7, 11) is 0. The van der Waals surface area contributed by atoms with Crippen LogP contribution in [0.3, 0.4) is 0 Å². The average Bonchev–Trinajstić information content (AvgIpc) is 2.51. The number of hydrogen-bond acceptors (Lipinski definition) is 3. The van der Waals surface area contributed by atoms with E-state index in [9.17, 15) is 0 Å². The summed E-state index contributed by atoms with van der Waals surface area (Å²) in [4.78, 5) is 5.54. The van der Waals surface area contributed by atoms with Gasteiger partial charge in [-0.25, -0.2) is 4.98 Å². The Morgan fingerprint density at radius 1 is 1.19 bits per heavy atom. The molecule has 0 atom stereocenters. The molecule has 2 rings (SSSR count). The number of nitrogen functional groups attached to an aromatic ring is 1. The minimum Gasteiger partial charge on any atom is -0.375 e. The highest BCUT2D eigenvalue weighted by Gasteiger charge is 2.09. The highest BCUT2D eigenvalue weighted by atomic mass is 32.1. The maximum Gasteiger partial charge on any atom is 0.180 e. The van der Waals surface area contributed by atoms with E-state index >= 15 is 0 Å². The topological polar surface area (TPSA) is 38.9 Å². The molecule has 1 aromatic carbocycles. The van der Waals surface area contributed by atoms with Gasteiger partial charge in [-0.2, -0.15) is 0 Å². The minimum absolute atomic E-state index is 0.665. The molecule has 1 aromatic heterocycles. The van der Waals surface area contributed by atoms with E-state index in [0.29, 0.717) is 5.13 Å². The van der Waals surface area contributed by atoms with Gasteiger partial charge in [0.2, 0.25) is 0 Å². The van der Waals surface area contributed by atoms with E-state index in [2.05, 4.69) is 37.0 Å². The van der Waals surface area contributed by atoms with Gasteiger partial charge in [0.1, 0.15) is 0 Å². The molecule has 2 N–H and O–H groups in total. The SMILES string of the molecule is Cc1cccc(C)c1Cc1sc(N)nc1C. The summed E-state index contributed by atoms with van der Waals surface area (Å²) < 4.78 is 0. The number of hydrogen-bond donors (Lipinski definition) is 1. The van der Waals surface area contributed by atoms with Gasteiger partial charge in [0, 0.05) is 11.3 Å². The Bertz CT molecular complexity index is 494. The first kappa shape index (κ1) is 11.1. The quantitative estimate of drug-likeness (QED) is 0.863. The fourth-order valence-electron chi connectivity index (χ4n) is 1.90. The summed E-state index contributed by atoms with van der Waals surface area (Å²) in [5, 5.41) is 0.665. The maximum atomic E-state index is 5.72. The van der Waals surface area contributed by atoms with Crippen molar-refractivity contribution in [1.29, 1.82) is 0 Å². The zero-order chi connectivity index (χ0) is 11.7. The molecule has 3 heteroatoms. The summed E-state index contributed by atoms with van der Waals surface area (Å²) in [6.45, 7) is 6.33. The van der Waals surface area contributed by atoms with Gasteiger partial charge < -0.3 is 5.73 Å². The van der Waals surface area contributed by atoms with E-state index in [1.54, 1.807) is 11.3 Å². The van der Waals surface area contributed by atoms with Gasteiger partial charge in [0.25, 0.3) is 0 Å². The van der Waals surface area contributed by atoms with Gasteiger partial charge in [-0.3, -0.25) is 0 Å². The molecule has 0 aliphatic heterocycles. The highest BCUT2D eigenvalue weighted by molar-refractivity contribution is 7.15. The molecule has 0 saturated heterocycles. The molecule has 0 unspecified atom stereocenters. The standard InChI is InChI=1S/C13H16N2S/c1-8-5-4-6-9(2)11(8)7-12-10(3)15-13(14)16-12/h4-6H,7H2,1-3H3,(H2,14,15). The maximum absolute atomic E-state index is 5.72. The van der Waals surface area contributed by atoms with Crippen LogP contribution in [0.1, 0.15) is 27.3 Å². The number of aromatic nitrogens is 1. The fraction of sp³-hybridized carbons (Fsp3) is 0.308. The number of nitrogens with zero attached hydrogens (tertiary/aromatic N) is 1. The lowest BCUT2D eigenvalue weighted by molar-refractivity contribution is 1.11. The number of benzene rings is 1. The smallest absolute Gasteiger partial charge is 0.180 e. The van der Waals surface area contributed by atoms with Crippen LogP contribution in [0, 0.1) is 20.8 Å². The van der Waals surface area contributed by atoms with Crippen LogP contribution in [0.2, 0.25) is 0 Å². The van der Waals surface area contributed by atoms with E-state index in [1.165, 1.54) is 21.6 Å². The van der Waals surface area contributed by atoms with Crippen LogP contribution < -0.4 is 5.73 Å². The number of anilines is 1. The highest BCUT2D eigenvalue weighted by Crippen LogP contribution is 2.25. The molecule has 0 spiro atoms. The number of aryl methyl sites for hydroxylation is 3. The number of rotatable bonds is 2. The molecule has 1 heterocycles. The van der Waals surface area contributed by atoms with Gasteiger partial charge in [-0.05, 0) is 37.5 Å². The Kier molecular flexibility index (Phi) is 2.97. The molecular weight excluding hydrogens is 216 g/mol. The molecule has 16 heavy (non-hydrogen) atoms. The van der Waals surface area contributed by atoms with Gasteiger partial charge in [-0.15, -0.1) is 11.3 Å². The lowest BCUT2D eigenvalue weighted by Gasteiger charge is -2.08. The van der Waals surface area contributed by atoms with Crippen LogP contribution in [0.25, 0.3) is 0 Å². The zero-order valence-electron chi connectivity index (χ0n) is 9.87. The molecule has 0 radical (unpaired) electrons. The van der Waals surface area contributed by atoms with E-state index in [-0.39, 0.29) is 0 Å². The van der Waals surface area contributed by atoms with Crippen molar-refractivity contribution >= 4 is 16.5 Å². The van der Waals surface area contributed by atoms with Crippen molar-refractivity contribution in [3.05, 3.63) is 45.5 Å². The minimum atomic E-state index is 0.665. The summed E-state index contributed by atoms with van der Waals surface area (Å²) in [6.07, 6.45) is 0.944. The van der Waals surface area contributed by atoms with Gasteiger partial charge in [0.15, 0.2) is 5.13 Å². The fourth-order valence-corrected chi connectivity index (χ4v) is 2.75. The van der Waals surface area contributed by atoms with E-state index < -0.39 is 0 Å². The van der Waals surface area contributed by atoms with Crippen LogP contribution in [-0.2, 0) is 6.42 Å². The predicted molar refractivity (Wildman–Crippen MR) is 70.0 cm³/mol. The molecule has 0 amide bonds. The van der Waals surface area contributed by atoms with E-state index in [0.717, 1.165) is 12.1 Å². The van der Waals surface area contributed by atoms with Crippen LogP contribution >= 0.6 is 11.3 Å². The second-order valence-corrected chi connectivity index (χ2v) is 5.22. The zero-order valence-corrected chi connectivity index (χ0v) is 10.7. The van der Waals surface area contributed by atoms with Crippen LogP contribution in [-0.4, -0.2) is 4.98 Å². The second-order valence-electron chi connectivity index (χ2n) is 4.11. The molecule has 2 aromatic rings. The van der Waals surface area contributed by atoms with Crippen molar-refractivity contribution in [2.75, 3.05) is 5.73 Å². The van der Waals surface area contributed by atoms with Gasteiger partial charge in [0.05, 0.1) is 5.69 Å². The van der Waals surface area contributed by atoms with Gasteiger partial charge in [-0.1, -0.05) is 18.2 Å². The molecule has 0 aliphatic rings. The average molecular weight is 232 g/mol. The Balaban J connectivity index is 2.37. The van der Waals surface area contributed by atoms with Gasteiger partial charge >= 0.3 is 0 Å². The van der Waals surface area contributed by atoms with Crippen LogP contribution in [0.5, 0.6) is 0 Å². The second kappa shape index (κ2) is 4.26. The first-order valence-corrected chi connectivity index (χ1v) is 6.16. The molecule has 0 fully saturated rings. The van der Waals surface area contributed by atoms with Crippen molar-refractivity contribution < 1.29 is 0 Å². The van der Waals surface area contributed by atoms with Crippen LogP contribution in [0.4, 0.5) is 5.13 Å². The van der Waals surface area contributed by atoms with E-state index in [1.807, 2.05) is 6.92 Å². The Labute approximate surface area is 100 Å². The number of nitrogens with two attached hydrogens (primary N) is 1. The van der Waals surface area contributed by atoms with Crippen molar-refractivity contribution in [3.8, 4) is 0 Å². The third-order valence-electron chi connectivity index (χ3n) is 2.89. The largest absolute Gasteiger partial charge is 0.375 e. The summed E-state index contributed by atoms with van der Waals surface area (Å²) in [5.41, 5.74) is 10.9. The summed E-state index contributed by atoms with van der Waals surface area (Å²) in [5.74, 6) is 0. The predicted octanol–water partition coefficient (Wildman–Crippen LogP) is 3.24. The normalized spacial score (nSPS) is 10.7. The Hall–Kier alpha value is -1.35. The number of thiazole rings is 1. The third-order valence-corrected chi connectivity index (χ3v) is 3.88. The van der Waals surface area contributed by atoms with E-state index in [4.69, 9.17) is 5.73 Å². The lowest BCUT2D eigenvalue weighted by Crippen LogP contribution is -1.95. The van der Waals surface area contributed by atoms with Crippen molar-refractivity contribution in [3.63, 3.8) is 0 Å². The molecule has 0 saturated carbocycles. The first-order valence-electron chi connectivity index (χ1n) is 5.35. The Morgan fingerprint density at radius 2 is 1.81 bits per heavy atom. The van der Waals surface area contributed by atoms with Crippen molar-refractivity contribution in [1.82, 2.24) is 4.98 Å². The Morgan fingerprint density at radius 3 is 2.31 bits per heavy atom. The molecule has 0 aliphatic carbocycles. The summed E-state index contributed by atoms with van der Waals surface area (Å²) >= 11 is 1.59. The lowest BCUT2D eigenvalue weighted by atomic mass is 9.99. The third kappa shape index (κ3) is 2.09. The van der Waals surface area contributed by atoms with Crippen molar-refractivity contribution in [2.24, 2.45) is 0 Å². The molecule has 2 nitrogen and oxygen atoms in total. The first-order chi connectivity index (χ1) is 7.58. The van der Waals surface area contributed by atoms with Crippen molar-refractivity contribution in [2.45, 2.75) is 27.2 Å². The molecule has 0 bridgehead atoms. The molecule has 84 valence electrons. The summed E-state index contributed by atoms with van der Waals surface area (Å²) in [6, 6.07) is 6.41.